The zero-order valence-electron chi connectivity index (χ0n) is 7.27. The van der Waals surface area contributed by atoms with E-state index in [1.165, 1.54) is 11.3 Å². The van der Waals surface area contributed by atoms with Crippen LogP contribution in [0.1, 0.15) is 16.5 Å². The second-order valence-corrected chi connectivity index (χ2v) is 5.24. The number of aliphatic carboxylic acids is 1. The Kier molecular flexibility index (Phi) is 3.65. The van der Waals surface area contributed by atoms with Crippen molar-refractivity contribution in [2.45, 2.75) is 19.1 Å². The fourth-order valence-electron chi connectivity index (χ4n) is 0.920. The predicted molar refractivity (Wildman–Crippen MR) is 55.4 cm³/mol. The van der Waals surface area contributed by atoms with Crippen molar-refractivity contribution in [2.75, 3.05) is 0 Å². The van der Waals surface area contributed by atoms with Crippen LogP contribution in [-0.2, 0) is 4.79 Å². The predicted octanol–water partition coefficient (Wildman–Crippen LogP) is 1.30. The van der Waals surface area contributed by atoms with Crippen molar-refractivity contribution in [1.82, 2.24) is 0 Å². The van der Waals surface area contributed by atoms with E-state index in [-0.39, 0.29) is 0 Å². The molecule has 0 spiro atoms. The lowest BCUT2D eigenvalue weighted by Gasteiger charge is -2.11. The van der Waals surface area contributed by atoms with Crippen molar-refractivity contribution in [1.29, 1.82) is 0 Å². The van der Waals surface area contributed by atoms with Crippen molar-refractivity contribution in [3.8, 4) is 0 Å². The number of carbonyl (C=O) groups is 1. The molecule has 2 atom stereocenters. The molecule has 14 heavy (non-hydrogen) atoms. The number of aryl methyl sites for hydroxylation is 1. The highest BCUT2D eigenvalue weighted by atomic mass is 79.9. The lowest BCUT2D eigenvalue weighted by atomic mass is 10.1. The fraction of sp³-hybridized carbons (Fsp3) is 0.375. The number of hydrogen-bond acceptors (Lipinski definition) is 4. The first-order chi connectivity index (χ1) is 6.43. The van der Waals surface area contributed by atoms with Crippen LogP contribution < -0.4 is 0 Å². The average Bonchev–Trinajstić information content (AvgIpc) is 2.44. The summed E-state index contributed by atoms with van der Waals surface area (Å²) in [6.07, 6.45) is -3.15. The molecule has 0 radical (unpaired) electrons. The smallest absolute Gasteiger partial charge is 0.335 e. The van der Waals surface area contributed by atoms with Crippen molar-refractivity contribution in [3.63, 3.8) is 0 Å². The van der Waals surface area contributed by atoms with Crippen LogP contribution in [0.25, 0.3) is 0 Å². The number of hydrogen-bond donors (Lipinski definition) is 3. The standard InChI is InChI=1S/C8H9BrO4S/c1-3-2-4(14-7(3)9)5(10)6(11)8(12)13/h2,5-6,10-11H,1H3,(H,12,13). The van der Waals surface area contributed by atoms with Crippen LogP contribution in [0.5, 0.6) is 0 Å². The van der Waals surface area contributed by atoms with Gasteiger partial charge in [-0.3, -0.25) is 0 Å². The van der Waals surface area contributed by atoms with Crippen LogP contribution in [0, 0.1) is 6.92 Å². The first-order valence-electron chi connectivity index (χ1n) is 3.78. The van der Waals surface area contributed by atoms with E-state index in [4.69, 9.17) is 10.2 Å². The molecule has 1 aromatic heterocycles. The summed E-state index contributed by atoms with van der Waals surface area (Å²) in [5.41, 5.74) is 0.904. The Labute approximate surface area is 92.9 Å². The molecule has 0 amide bonds. The molecular weight excluding hydrogens is 272 g/mol. The molecule has 1 rings (SSSR count). The minimum atomic E-state index is -1.78. The molecule has 1 heterocycles. The van der Waals surface area contributed by atoms with Gasteiger partial charge in [-0.1, -0.05) is 0 Å². The van der Waals surface area contributed by atoms with E-state index in [0.29, 0.717) is 4.88 Å². The van der Waals surface area contributed by atoms with Gasteiger partial charge in [0.1, 0.15) is 6.10 Å². The summed E-state index contributed by atoms with van der Waals surface area (Å²) >= 11 is 4.46. The largest absolute Gasteiger partial charge is 0.479 e. The zero-order chi connectivity index (χ0) is 10.9. The van der Waals surface area contributed by atoms with Crippen LogP contribution in [-0.4, -0.2) is 27.4 Å². The minimum absolute atomic E-state index is 0.435. The molecule has 78 valence electrons. The number of aliphatic hydroxyl groups is 2. The summed E-state index contributed by atoms with van der Waals surface area (Å²) in [7, 11) is 0. The Hall–Kier alpha value is -0.430. The van der Waals surface area contributed by atoms with Crippen LogP contribution in [0.3, 0.4) is 0 Å². The highest BCUT2D eigenvalue weighted by Crippen LogP contribution is 2.32. The summed E-state index contributed by atoms with van der Waals surface area (Å²) in [5, 5.41) is 27.0. The van der Waals surface area contributed by atoms with Gasteiger partial charge in [0.15, 0.2) is 6.10 Å². The van der Waals surface area contributed by atoms with Gasteiger partial charge in [0, 0.05) is 4.88 Å². The van der Waals surface area contributed by atoms with E-state index in [2.05, 4.69) is 15.9 Å². The maximum atomic E-state index is 10.4. The first kappa shape index (κ1) is 11.6. The van der Waals surface area contributed by atoms with E-state index < -0.39 is 18.2 Å². The quantitative estimate of drug-likeness (QED) is 0.780. The van der Waals surface area contributed by atoms with Crippen LogP contribution >= 0.6 is 27.3 Å². The van der Waals surface area contributed by atoms with Crippen LogP contribution in [0.15, 0.2) is 9.85 Å². The molecule has 0 saturated carbocycles. The van der Waals surface area contributed by atoms with Crippen LogP contribution in [0.4, 0.5) is 0 Å². The average molecular weight is 281 g/mol. The number of carboxylic acids is 1. The Bertz CT molecular complexity index is 330. The molecular formula is C8H9BrO4S. The molecule has 0 aromatic carbocycles. The molecule has 0 aliphatic heterocycles. The van der Waals surface area contributed by atoms with Crippen molar-refractivity contribution in [2.24, 2.45) is 0 Å². The molecule has 0 saturated heterocycles. The Balaban J connectivity index is 2.89. The van der Waals surface area contributed by atoms with Gasteiger partial charge in [-0.2, -0.15) is 0 Å². The number of aliphatic hydroxyl groups excluding tert-OH is 2. The highest BCUT2D eigenvalue weighted by molar-refractivity contribution is 9.11. The number of carboxylic acid groups (broad SMARTS) is 1. The van der Waals surface area contributed by atoms with Crippen LogP contribution in [0.2, 0.25) is 0 Å². The third-order valence-corrected chi connectivity index (χ3v) is 3.93. The molecule has 4 nitrogen and oxygen atoms in total. The molecule has 0 fully saturated rings. The monoisotopic (exact) mass is 280 g/mol. The summed E-state index contributed by atoms with van der Waals surface area (Å²) < 4.78 is 0.823. The zero-order valence-corrected chi connectivity index (χ0v) is 9.67. The maximum absolute atomic E-state index is 10.4. The van der Waals surface area contributed by atoms with Gasteiger partial charge in [-0.05, 0) is 34.5 Å². The number of thiophene rings is 1. The summed E-state index contributed by atoms with van der Waals surface area (Å²) in [5.74, 6) is -1.43. The number of rotatable bonds is 3. The molecule has 2 unspecified atom stereocenters. The molecule has 6 heteroatoms. The molecule has 1 aromatic rings. The Morgan fingerprint density at radius 1 is 1.57 bits per heavy atom. The van der Waals surface area contributed by atoms with E-state index in [1.807, 2.05) is 6.92 Å². The number of halogens is 1. The molecule has 0 bridgehead atoms. The van der Waals surface area contributed by atoms with Gasteiger partial charge >= 0.3 is 5.97 Å². The van der Waals surface area contributed by atoms with Crippen molar-refractivity contribution in [3.05, 3.63) is 20.3 Å². The van der Waals surface area contributed by atoms with Gasteiger partial charge in [0.2, 0.25) is 0 Å². The summed E-state index contributed by atoms with van der Waals surface area (Å²) in [6, 6.07) is 1.64. The van der Waals surface area contributed by atoms with E-state index >= 15 is 0 Å². The fourth-order valence-corrected chi connectivity index (χ4v) is 2.51. The SMILES string of the molecule is Cc1cc(C(O)C(O)C(=O)O)sc1Br. The second-order valence-electron chi connectivity index (χ2n) is 2.83. The van der Waals surface area contributed by atoms with E-state index in [0.717, 1.165) is 9.35 Å². The Morgan fingerprint density at radius 3 is 2.50 bits per heavy atom. The van der Waals surface area contributed by atoms with Gasteiger partial charge in [-0.15, -0.1) is 11.3 Å². The third-order valence-electron chi connectivity index (χ3n) is 1.72. The van der Waals surface area contributed by atoms with Gasteiger partial charge in [-0.25, -0.2) is 4.79 Å². The summed E-state index contributed by atoms with van der Waals surface area (Å²) in [4.78, 5) is 10.8. The molecule has 3 N–H and O–H groups in total. The second kappa shape index (κ2) is 4.39. The third kappa shape index (κ3) is 2.33. The summed E-state index contributed by atoms with van der Waals surface area (Å²) in [6.45, 7) is 1.82. The minimum Gasteiger partial charge on any atom is -0.479 e. The molecule has 0 aliphatic rings. The maximum Gasteiger partial charge on any atom is 0.335 e. The van der Waals surface area contributed by atoms with Gasteiger partial charge in [0.25, 0.3) is 0 Å². The topological polar surface area (TPSA) is 77.8 Å². The Morgan fingerprint density at radius 2 is 2.14 bits per heavy atom. The normalized spacial score (nSPS) is 15.1. The molecule has 0 aliphatic carbocycles. The lowest BCUT2D eigenvalue weighted by Crippen LogP contribution is -2.26. The van der Waals surface area contributed by atoms with Gasteiger partial charge in [0.05, 0.1) is 3.79 Å². The van der Waals surface area contributed by atoms with Crippen molar-refractivity contribution < 1.29 is 20.1 Å². The highest BCUT2D eigenvalue weighted by Gasteiger charge is 2.26. The first-order valence-corrected chi connectivity index (χ1v) is 5.39. The van der Waals surface area contributed by atoms with E-state index in [1.54, 1.807) is 6.07 Å². The van der Waals surface area contributed by atoms with Gasteiger partial charge < -0.3 is 15.3 Å². The lowest BCUT2D eigenvalue weighted by molar-refractivity contribution is -0.152. The van der Waals surface area contributed by atoms with Crippen molar-refractivity contribution >= 4 is 33.2 Å². The van der Waals surface area contributed by atoms with E-state index in [9.17, 15) is 9.90 Å².